The first kappa shape index (κ1) is 16.0. The van der Waals surface area contributed by atoms with Crippen LogP contribution in [0.5, 0.6) is 5.75 Å². The highest BCUT2D eigenvalue weighted by atomic mass is 32.2. The first-order valence-electron chi connectivity index (χ1n) is 6.60. The number of ether oxygens (including phenoxy) is 1. The van der Waals surface area contributed by atoms with Gasteiger partial charge in [-0.05, 0) is 18.9 Å². The standard InChI is InChI=1S/C14H22O4S/c1-3-10-19(16,17)11-9-18-14-8-6-5-7-12(14)13(15)4-2/h5-8,13,15H,3-4,9-11H2,1-2H3. The summed E-state index contributed by atoms with van der Waals surface area (Å²) in [6.07, 6.45) is 0.630. The summed E-state index contributed by atoms with van der Waals surface area (Å²) < 4.78 is 28.6. The lowest BCUT2D eigenvalue weighted by molar-refractivity contribution is 0.168. The van der Waals surface area contributed by atoms with Gasteiger partial charge in [0.05, 0.1) is 17.6 Å². The van der Waals surface area contributed by atoms with E-state index < -0.39 is 15.9 Å². The molecule has 108 valence electrons. The van der Waals surface area contributed by atoms with Crippen LogP contribution < -0.4 is 4.74 Å². The number of sulfone groups is 1. The van der Waals surface area contributed by atoms with Gasteiger partial charge in [-0.1, -0.05) is 32.0 Å². The van der Waals surface area contributed by atoms with E-state index in [0.717, 1.165) is 0 Å². The van der Waals surface area contributed by atoms with Crippen molar-refractivity contribution in [3.8, 4) is 5.75 Å². The Kier molecular flexibility index (Phi) is 6.31. The lowest BCUT2D eigenvalue weighted by Gasteiger charge is -2.14. The largest absolute Gasteiger partial charge is 0.492 e. The molecule has 0 spiro atoms. The van der Waals surface area contributed by atoms with Gasteiger partial charge < -0.3 is 9.84 Å². The first-order valence-corrected chi connectivity index (χ1v) is 8.42. The number of hydrogen-bond donors (Lipinski definition) is 1. The quantitative estimate of drug-likeness (QED) is 0.796. The molecule has 0 aliphatic carbocycles. The third kappa shape index (κ3) is 5.20. The summed E-state index contributed by atoms with van der Waals surface area (Å²) in [4.78, 5) is 0. The second-order valence-corrected chi connectivity index (χ2v) is 6.77. The van der Waals surface area contributed by atoms with E-state index >= 15 is 0 Å². The maximum absolute atomic E-state index is 11.6. The van der Waals surface area contributed by atoms with Crippen LogP contribution in [0, 0.1) is 0 Å². The lowest BCUT2D eigenvalue weighted by atomic mass is 10.1. The Bertz CT molecular complexity index is 482. The van der Waals surface area contributed by atoms with Crippen LogP contribution in [0.3, 0.4) is 0 Å². The van der Waals surface area contributed by atoms with Crippen molar-refractivity contribution in [1.82, 2.24) is 0 Å². The molecule has 0 aromatic heterocycles. The Morgan fingerprint density at radius 3 is 2.53 bits per heavy atom. The van der Waals surface area contributed by atoms with Gasteiger partial charge in [-0.15, -0.1) is 0 Å². The highest BCUT2D eigenvalue weighted by molar-refractivity contribution is 7.91. The summed E-state index contributed by atoms with van der Waals surface area (Å²) in [7, 11) is -3.03. The monoisotopic (exact) mass is 286 g/mol. The van der Waals surface area contributed by atoms with E-state index in [1.807, 2.05) is 26.0 Å². The van der Waals surface area contributed by atoms with E-state index in [0.29, 0.717) is 24.2 Å². The summed E-state index contributed by atoms with van der Waals surface area (Å²) in [6.45, 7) is 3.84. The molecular weight excluding hydrogens is 264 g/mol. The van der Waals surface area contributed by atoms with Crippen LogP contribution in [-0.2, 0) is 9.84 Å². The van der Waals surface area contributed by atoms with E-state index in [1.165, 1.54) is 0 Å². The van der Waals surface area contributed by atoms with Crippen LogP contribution in [0.2, 0.25) is 0 Å². The van der Waals surface area contributed by atoms with Crippen molar-refractivity contribution in [2.75, 3.05) is 18.1 Å². The average molecular weight is 286 g/mol. The molecular formula is C14H22O4S. The second-order valence-electron chi connectivity index (χ2n) is 4.46. The molecule has 1 unspecified atom stereocenters. The molecule has 0 saturated carbocycles. The van der Waals surface area contributed by atoms with Crippen LogP contribution in [0.1, 0.15) is 38.4 Å². The number of para-hydroxylation sites is 1. The van der Waals surface area contributed by atoms with Gasteiger partial charge in [0, 0.05) is 5.56 Å². The molecule has 1 aromatic rings. The third-order valence-corrected chi connectivity index (χ3v) is 4.65. The minimum Gasteiger partial charge on any atom is -0.492 e. The Morgan fingerprint density at radius 2 is 1.89 bits per heavy atom. The van der Waals surface area contributed by atoms with E-state index in [9.17, 15) is 13.5 Å². The van der Waals surface area contributed by atoms with E-state index in [-0.39, 0.29) is 18.1 Å². The highest BCUT2D eigenvalue weighted by Gasteiger charge is 2.13. The van der Waals surface area contributed by atoms with Crippen molar-refractivity contribution in [2.24, 2.45) is 0 Å². The topological polar surface area (TPSA) is 63.6 Å². The van der Waals surface area contributed by atoms with E-state index in [1.54, 1.807) is 12.1 Å². The fraction of sp³-hybridized carbons (Fsp3) is 0.571. The van der Waals surface area contributed by atoms with Crippen molar-refractivity contribution in [1.29, 1.82) is 0 Å². The zero-order valence-electron chi connectivity index (χ0n) is 11.5. The molecule has 0 bridgehead atoms. The zero-order valence-corrected chi connectivity index (χ0v) is 12.3. The van der Waals surface area contributed by atoms with Crippen molar-refractivity contribution < 1.29 is 18.3 Å². The molecule has 19 heavy (non-hydrogen) atoms. The molecule has 5 heteroatoms. The molecule has 1 rings (SSSR count). The number of hydrogen-bond acceptors (Lipinski definition) is 4. The van der Waals surface area contributed by atoms with E-state index in [4.69, 9.17) is 4.74 Å². The van der Waals surface area contributed by atoms with Gasteiger partial charge >= 0.3 is 0 Å². The molecule has 0 radical (unpaired) electrons. The first-order chi connectivity index (χ1) is 9.00. The molecule has 0 aliphatic heterocycles. The molecule has 1 atom stereocenters. The summed E-state index contributed by atoms with van der Waals surface area (Å²) >= 11 is 0. The fourth-order valence-electron chi connectivity index (χ4n) is 1.80. The number of aliphatic hydroxyl groups excluding tert-OH is 1. The number of aliphatic hydroxyl groups is 1. The zero-order chi connectivity index (χ0) is 14.3. The molecule has 4 nitrogen and oxygen atoms in total. The van der Waals surface area contributed by atoms with Crippen LogP contribution in [-0.4, -0.2) is 31.6 Å². The van der Waals surface area contributed by atoms with Gasteiger partial charge in [-0.25, -0.2) is 8.42 Å². The predicted molar refractivity (Wildman–Crippen MR) is 76.1 cm³/mol. The van der Waals surface area contributed by atoms with Gasteiger partial charge in [-0.2, -0.15) is 0 Å². The third-order valence-electron chi connectivity index (χ3n) is 2.83. The molecule has 0 amide bonds. The van der Waals surface area contributed by atoms with Crippen molar-refractivity contribution in [2.45, 2.75) is 32.8 Å². The minimum atomic E-state index is -3.03. The Morgan fingerprint density at radius 1 is 1.21 bits per heavy atom. The van der Waals surface area contributed by atoms with Gasteiger partial charge in [0.1, 0.15) is 12.4 Å². The van der Waals surface area contributed by atoms with Gasteiger partial charge in [0.2, 0.25) is 0 Å². The molecule has 0 fully saturated rings. The van der Waals surface area contributed by atoms with E-state index in [2.05, 4.69) is 0 Å². The smallest absolute Gasteiger partial charge is 0.153 e. The van der Waals surface area contributed by atoms with Gasteiger partial charge in [-0.3, -0.25) is 0 Å². The Hall–Kier alpha value is -1.07. The number of benzene rings is 1. The maximum atomic E-state index is 11.6. The fourth-order valence-corrected chi connectivity index (χ4v) is 2.96. The number of rotatable bonds is 8. The molecule has 0 heterocycles. The maximum Gasteiger partial charge on any atom is 0.153 e. The molecule has 1 N–H and O–H groups in total. The molecule has 0 saturated heterocycles. The summed E-state index contributed by atoms with van der Waals surface area (Å²) in [5.74, 6) is 0.760. The van der Waals surface area contributed by atoms with Crippen molar-refractivity contribution >= 4 is 9.84 Å². The Labute approximate surface area is 115 Å². The summed E-state index contributed by atoms with van der Waals surface area (Å²) in [5, 5.41) is 9.86. The van der Waals surface area contributed by atoms with Crippen LogP contribution in [0.4, 0.5) is 0 Å². The highest BCUT2D eigenvalue weighted by Crippen LogP contribution is 2.26. The average Bonchev–Trinajstić information content (AvgIpc) is 2.38. The summed E-state index contributed by atoms with van der Waals surface area (Å²) in [6, 6.07) is 7.18. The van der Waals surface area contributed by atoms with Crippen LogP contribution in [0.25, 0.3) is 0 Å². The molecule has 0 aliphatic rings. The van der Waals surface area contributed by atoms with Crippen LogP contribution >= 0.6 is 0 Å². The SMILES string of the molecule is CCCS(=O)(=O)CCOc1ccccc1C(O)CC. The minimum absolute atomic E-state index is 0.0113. The van der Waals surface area contributed by atoms with Crippen molar-refractivity contribution in [3.63, 3.8) is 0 Å². The van der Waals surface area contributed by atoms with Crippen LogP contribution in [0.15, 0.2) is 24.3 Å². The predicted octanol–water partition coefficient (Wildman–Crippen LogP) is 2.33. The molecule has 1 aromatic carbocycles. The van der Waals surface area contributed by atoms with Gasteiger partial charge in [0.25, 0.3) is 0 Å². The van der Waals surface area contributed by atoms with Gasteiger partial charge in [0.15, 0.2) is 9.84 Å². The normalized spacial score (nSPS) is 13.2. The summed E-state index contributed by atoms with van der Waals surface area (Å²) in [5.41, 5.74) is 0.706. The Balaban J connectivity index is 2.63. The van der Waals surface area contributed by atoms with Crippen molar-refractivity contribution in [3.05, 3.63) is 29.8 Å². The second kappa shape index (κ2) is 7.50. The lowest BCUT2D eigenvalue weighted by Crippen LogP contribution is -2.17.